The third-order valence-corrected chi connectivity index (χ3v) is 6.15. The molecule has 0 aromatic carbocycles. The van der Waals surface area contributed by atoms with Gasteiger partial charge < -0.3 is 9.64 Å². The van der Waals surface area contributed by atoms with Gasteiger partial charge in [0, 0.05) is 63.0 Å². The number of carbonyl (C=O) groups is 1. The highest BCUT2D eigenvalue weighted by atomic mass is 32.1. The van der Waals surface area contributed by atoms with Crippen molar-refractivity contribution in [1.82, 2.24) is 24.1 Å². The van der Waals surface area contributed by atoms with Crippen molar-refractivity contribution in [2.24, 2.45) is 0 Å². The average molecular weight is 391 g/mol. The molecular formula is C18H25N5O3S. The third-order valence-electron chi connectivity index (χ3n) is 5.20. The van der Waals surface area contributed by atoms with Crippen molar-refractivity contribution in [3.05, 3.63) is 33.2 Å². The van der Waals surface area contributed by atoms with Gasteiger partial charge in [0.25, 0.3) is 5.56 Å². The molecule has 4 heterocycles. The van der Waals surface area contributed by atoms with Crippen LogP contribution in [0.1, 0.15) is 11.4 Å². The van der Waals surface area contributed by atoms with Crippen molar-refractivity contribution in [1.29, 1.82) is 0 Å². The SMILES string of the molecule is Cc1csc2nc(CN3CCN(C(=O)CN4CCOCC4)CC3)cc(=O)n12. The summed E-state index contributed by atoms with van der Waals surface area (Å²) in [5.41, 5.74) is 1.70. The zero-order valence-electron chi connectivity index (χ0n) is 15.6. The van der Waals surface area contributed by atoms with Crippen molar-refractivity contribution < 1.29 is 9.53 Å². The Morgan fingerprint density at radius 3 is 2.63 bits per heavy atom. The maximum absolute atomic E-state index is 12.5. The van der Waals surface area contributed by atoms with Crippen molar-refractivity contribution in [2.45, 2.75) is 13.5 Å². The lowest BCUT2D eigenvalue weighted by molar-refractivity contribution is -0.135. The standard InChI is InChI=1S/C18H25N5O3S/c1-14-13-27-18-19-15(10-16(24)23(14)18)11-20-2-4-22(5-3-20)17(25)12-21-6-8-26-9-7-21/h10,13H,2-9,11-12H2,1H3. The third kappa shape index (κ3) is 4.21. The van der Waals surface area contributed by atoms with Crippen LogP contribution < -0.4 is 5.56 Å². The number of aryl methyl sites for hydroxylation is 1. The number of morpholine rings is 1. The molecule has 9 heteroatoms. The van der Waals surface area contributed by atoms with E-state index >= 15 is 0 Å². The number of hydrogen-bond donors (Lipinski definition) is 0. The monoisotopic (exact) mass is 391 g/mol. The first-order valence-electron chi connectivity index (χ1n) is 9.37. The van der Waals surface area contributed by atoms with Crippen LogP contribution in [-0.2, 0) is 16.1 Å². The van der Waals surface area contributed by atoms with E-state index in [0.29, 0.717) is 26.3 Å². The van der Waals surface area contributed by atoms with Crippen LogP contribution in [0.4, 0.5) is 0 Å². The Kier molecular flexibility index (Phi) is 5.53. The molecule has 0 aliphatic carbocycles. The minimum absolute atomic E-state index is 0.0203. The van der Waals surface area contributed by atoms with Crippen molar-refractivity contribution in [2.75, 3.05) is 59.0 Å². The van der Waals surface area contributed by atoms with Gasteiger partial charge >= 0.3 is 0 Å². The van der Waals surface area contributed by atoms with Gasteiger partial charge in [0.1, 0.15) is 0 Å². The van der Waals surface area contributed by atoms with Gasteiger partial charge in [-0.25, -0.2) is 4.98 Å². The lowest BCUT2D eigenvalue weighted by atomic mass is 10.2. The fraction of sp³-hybridized carbons (Fsp3) is 0.611. The highest BCUT2D eigenvalue weighted by Crippen LogP contribution is 2.13. The van der Waals surface area contributed by atoms with E-state index in [9.17, 15) is 9.59 Å². The Balaban J connectivity index is 1.31. The van der Waals surface area contributed by atoms with Crippen LogP contribution in [0.25, 0.3) is 4.96 Å². The number of ether oxygens (including phenoxy) is 1. The fourth-order valence-electron chi connectivity index (χ4n) is 3.62. The zero-order chi connectivity index (χ0) is 18.8. The predicted molar refractivity (Wildman–Crippen MR) is 103 cm³/mol. The summed E-state index contributed by atoms with van der Waals surface area (Å²) in [6.45, 7) is 9.19. The van der Waals surface area contributed by atoms with Gasteiger partial charge in [-0.15, -0.1) is 11.3 Å². The minimum Gasteiger partial charge on any atom is -0.379 e. The van der Waals surface area contributed by atoms with Gasteiger partial charge in [0.05, 0.1) is 25.5 Å². The fourth-order valence-corrected chi connectivity index (χ4v) is 4.51. The van der Waals surface area contributed by atoms with Crippen molar-refractivity contribution >= 4 is 22.2 Å². The van der Waals surface area contributed by atoms with Crippen molar-refractivity contribution in [3.63, 3.8) is 0 Å². The average Bonchev–Trinajstić information content (AvgIpc) is 3.04. The van der Waals surface area contributed by atoms with E-state index in [4.69, 9.17) is 4.74 Å². The number of fused-ring (bicyclic) bond motifs is 1. The maximum Gasteiger partial charge on any atom is 0.259 e. The first-order valence-corrected chi connectivity index (χ1v) is 10.2. The molecule has 2 saturated heterocycles. The Hall–Kier alpha value is -1.81. The summed E-state index contributed by atoms with van der Waals surface area (Å²) in [4.78, 5) is 36.5. The minimum atomic E-state index is -0.0203. The topological polar surface area (TPSA) is 70.4 Å². The molecule has 2 aliphatic heterocycles. The summed E-state index contributed by atoms with van der Waals surface area (Å²) in [7, 11) is 0. The summed E-state index contributed by atoms with van der Waals surface area (Å²) in [6, 6.07) is 1.63. The van der Waals surface area contributed by atoms with Gasteiger partial charge in [-0.2, -0.15) is 0 Å². The molecule has 8 nitrogen and oxygen atoms in total. The Morgan fingerprint density at radius 1 is 1.15 bits per heavy atom. The number of aromatic nitrogens is 2. The molecule has 146 valence electrons. The largest absolute Gasteiger partial charge is 0.379 e. The molecule has 0 saturated carbocycles. The van der Waals surface area contributed by atoms with Crippen LogP contribution >= 0.6 is 11.3 Å². The molecule has 0 unspecified atom stereocenters. The molecule has 2 aromatic heterocycles. The molecule has 4 rings (SSSR count). The number of rotatable bonds is 4. The molecule has 0 bridgehead atoms. The van der Waals surface area contributed by atoms with E-state index in [1.54, 1.807) is 10.5 Å². The number of nitrogens with zero attached hydrogens (tertiary/aromatic N) is 5. The van der Waals surface area contributed by atoms with E-state index in [1.807, 2.05) is 17.2 Å². The lowest BCUT2D eigenvalue weighted by Gasteiger charge is -2.36. The highest BCUT2D eigenvalue weighted by Gasteiger charge is 2.24. The number of piperazine rings is 1. The normalized spacial score (nSPS) is 19.7. The molecule has 1 amide bonds. The van der Waals surface area contributed by atoms with Crippen LogP contribution in [0.5, 0.6) is 0 Å². The van der Waals surface area contributed by atoms with Gasteiger partial charge in [-0.05, 0) is 6.92 Å². The molecule has 2 aromatic rings. The Bertz CT molecular complexity index is 865. The first kappa shape index (κ1) is 18.5. The second-order valence-electron chi connectivity index (χ2n) is 7.13. The summed E-state index contributed by atoms with van der Waals surface area (Å²) in [6.07, 6.45) is 0. The summed E-state index contributed by atoms with van der Waals surface area (Å²) >= 11 is 1.49. The van der Waals surface area contributed by atoms with E-state index < -0.39 is 0 Å². The van der Waals surface area contributed by atoms with Crippen molar-refractivity contribution in [3.8, 4) is 0 Å². The Labute approximate surface area is 162 Å². The molecular weight excluding hydrogens is 366 g/mol. The highest BCUT2D eigenvalue weighted by molar-refractivity contribution is 7.15. The maximum atomic E-state index is 12.5. The second-order valence-corrected chi connectivity index (χ2v) is 7.96. The molecule has 0 atom stereocenters. The van der Waals surface area contributed by atoms with E-state index in [0.717, 1.165) is 55.6 Å². The van der Waals surface area contributed by atoms with E-state index in [-0.39, 0.29) is 11.5 Å². The van der Waals surface area contributed by atoms with E-state index in [1.165, 1.54) is 11.3 Å². The van der Waals surface area contributed by atoms with Crippen LogP contribution in [0, 0.1) is 6.92 Å². The Morgan fingerprint density at radius 2 is 1.89 bits per heavy atom. The van der Waals surface area contributed by atoms with Gasteiger partial charge in [0.2, 0.25) is 5.91 Å². The smallest absolute Gasteiger partial charge is 0.259 e. The molecule has 27 heavy (non-hydrogen) atoms. The quantitative estimate of drug-likeness (QED) is 0.733. The summed E-state index contributed by atoms with van der Waals surface area (Å²) < 4.78 is 6.98. The summed E-state index contributed by atoms with van der Waals surface area (Å²) in [5.74, 6) is 0.198. The number of amides is 1. The zero-order valence-corrected chi connectivity index (χ0v) is 16.4. The number of thiazole rings is 1. The van der Waals surface area contributed by atoms with Crippen LogP contribution in [-0.4, -0.2) is 89.0 Å². The van der Waals surface area contributed by atoms with Crippen LogP contribution in [0.2, 0.25) is 0 Å². The summed E-state index contributed by atoms with van der Waals surface area (Å²) in [5, 5.41) is 1.95. The van der Waals surface area contributed by atoms with Gasteiger partial charge in [0.15, 0.2) is 4.96 Å². The first-order chi connectivity index (χ1) is 13.1. The number of carbonyl (C=O) groups excluding carboxylic acids is 1. The molecule has 0 spiro atoms. The molecule has 0 radical (unpaired) electrons. The molecule has 2 aliphatic rings. The lowest BCUT2D eigenvalue weighted by Crippen LogP contribution is -2.52. The van der Waals surface area contributed by atoms with Gasteiger partial charge in [-0.3, -0.25) is 23.8 Å². The van der Waals surface area contributed by atoms with Gasteiger partial charge in [-0.1, -0.05) is 0 Å². The molecule has 2 fully saturated rings. The second kappa shape index (κ2) is 8.05. The van der Waals surface area contributed by atoms with E-state index in [2.05, 4.69) is 14.8 Å². The number of hydrogen-bond acceptors (Lipinski definition) is 7. The predicted octanol–water partition coefficient (Wildman–Crippen LogP) is 0.0408. The van der Waals surface area contributed by atoms with Crippen LogP contribution in [0.15, 0.2) is 16.2 Å². The molecule has 0 N–H and O–H groups in total. The van der Waals surface area contributed by atoms with Crippen LogP contribution in [0.3, 0.4) is 0 Å².